The molecule has 1 saturated carbocycles. The van der Waals surface area contributed by atoms with Gasteiger partial charge in [-0.2, -0.15) is 0 Å². The third-order valence-corrected chi connectivity index (χ3v) is 3.85. The minimum absolute atomic E-state index is 0.0882. The molecular weight excluding hydrogens is 236 g/mol. The van der Waals surface area contributed by atoms with E-state index in [-0.39, 0.29) is 11.7 Å². The summed E-state index contributed by atoms with van der Waals surface area (Å²) in [6.45, 7) is 2.00. The standard InChI is InChI=1S/C13H13ClN2O/c1-7(8-2-3-8)12(17)9-6-16-13-11(9)10(14)4-5-15-13/h4-8H,2-3H2,1H3,(H,15,16). The molecule has 1 N–H and O–H groups in total. The minimum atomic E-state index is 0.0882. The molecule has 0 radical (unpaired) electrons. The molecule has 1 unspecified atom stereocenters. The van der Waals surface area contributed by atoms with Crippen LogP contribution in [-0.4, -0.2) is 15.8 Å². The van der Waals surface area contributed by atoms with Crippen LogP contribution >= 0.6 is 11.6 Å². The summed E-state index contributed by atoms with van der Waals surface area (Å²) < 4.78 is 0. The van der Waals surface area contributed by atoms with Crippen molar-refractivity contribution in [2.75, 3.05) is 0 Å². The van der Waals surface area contributed by atoms with E-state index in [0.29, 0.717) is 22.2 Å². The molecule has 17 heavy (non-hydrogen) atoms. The van der Waals surface area contributed by atoms with Gasteiger partial charge in [-0.05, 0) is 24.8 Å². The number of Topliss-reactive ketones (excluding diaryl/α,β-unsaturated/α-hetero) is 1. The van der Waals surface area contributed by atoms with Gasteiger partial charge in [0.1, 0.15) is 5.65 Å². The fourth-order valence-electron chi connectivity index (χ4n) is 2.27. The molecule has 3 nitrogen and oxygen atoms in total. The van der Waals surface area contributed by atoms with Crippen LogP contribution in [0.3, 0.4) is 0 Å². The van der Waals surface area contributed by atoms with Crippen LogP contribution < -0.4 is 0 Å². The van der Waals surface area contributed by atoms with Gasteiger partial charge in [0.2, 0.25) is 0 Å². The number of H-pyrrole nitrogens is 1. The lowest BCUT2D eigenvalue weighted by atomic mass is 9.95. The van der Waals surface area contributed by atoms with Crippen LogP contribution in [0.2, 0.25) is 5.02 Å². The van der Waals surface area contributed by atoms with E-state index >= 15 is 0 Å². The molecule has 1 aliphatic carbocycles. The zero-order valence-electron chi connectivity index (χ0n) is 9.53. The van der Waals surface area contributed by atoms with E-state index in [1.807, 2.05) is 6.92 Å². The number of hydrogen-bond acceptors (Lipinski definition) is 2. The number of aromatic nitrogens is 2. The highest BCUT2D eigenvalue weighted by Gasteiger charge is 2.34. The predicted molar refractivity (Wildman–Crippen MR) is 67.3 cm³/mol. The van der Waals surface area contributed by atoms with Crippen molar-refractivity contribution in [2.24, 2.45) is 11.8 Å². The van der Waals surface area contributed by atoms with E-state index in [0.717, 1.165) is 5.39 Å². The fraction of sp³-hybridized carbons (Fsp3) is 0.385. The molecule has 4 heteroatoms. The van der Waals surface area contributed by atoms with Gasteiger partial charge in [0, 0.05) is 29.3 Å². The van der Waals surface area contributed by atoms with Gasteiger partial charge >= 0.3 is 0 Å². The first-order valence-electron chi connectivity index (χ1n) is 5.84. The maximum Gasteiger partial charge on any atom is 0.168 e. The van der Waals surface area contributed by atoms with Crippen LogP contribution in [0.1, 0.15) is 30.1 Å². The van der Waals surface area contributed by atoms with E-state index in [2.05, 4.69) is 9.97 Å². The number of carbonyl (C=O) groups is 1. The van der Waals surface area contributed by atoms with E-state index < -0.39 is 0 Å². The average Bonchev–Trinajstić information content (AvgIpc) is 3.07. The van der Waals surface area contributed by atoms with E-state index in [1.165, 1.54) is 12.8 Å². The highest BCUT2D eigenvalue weighted by Crippen LogP contribution is 2.39. The van der Waals surface area contributed by atoms with Gasteiger partial charge in [-0.25, -0.2) is 4.98 Å². The first-order valence-corrected chi connectivity index (χ1v) is 6.22. The summed E-state index contributed by atoms with van der Waals surface area (Å²) in [5.41, 5.74) is 1.36. The molecule has 2 aromatic rings. The minimum Gasteiger partial charge on any atom is -0.345 e. The van der Waals surface area contributed by atoms with Crippen molar-refractivity contribution >= 4 is 28.4 Å². The van der Waals surface area contributed by atoms with Crippen molar-refractivity contribution in [2.45, 2.75) is 19.8 Å². The van der Waals surface area contributed by atoms with Gasteiger partial charge < -0.3 is 4.98 Å². The molecule has 2 heterocycles. The van der Waals surface area contributed by atoms with Crippen LogP contribution in [0.25, 0.3) is 11.0 Å². The maximum atomic E-state index is 12.3. The first-order chi connectivity index (χ1) is 8.18. The van der Waals surface area contributed by atoms with Crippen molar-refractivity contribution in [3.05, 3.63) is 29.0 Å². The number of ketones is 1. The van der Waals surface area contributed by atoms with Gasteiger partial charge in [-0.3, -0.25) is 4.79 Å². The van der Waals surface area contributed by atoms with Gasteiger partial charge in [0.25, 0.3) is 0 Å². The Labute approximate surface area is 104 Å². The van der Waals surface area contributed by atoms with Crippen molar-refractivity contribution in [3.8, 4) is 0 Å². The topological polar surface area (TPSA) is 45.8 Å². The van der Waals surface area contributed by atoms with Crippen LogP contribution in [-0.2, 0) is 0 Å². The quantitative estimate of drug-likeness (QED) is 0.846. The molecule has 0 aliphatic heterocycles. The molecule has 0 amide bonds. The van der Waals surface area contributed by atoms with Crippen molar-refractivity contribution in [1.82, 2.24) is 9.97 Å². The molecule has 0 aromatic carbocycles. The van der Waals surface area contributed by atoms with E-state index in [4.69, 9.17) is 11.6 Å². The Morgan fingerprint density at radius 3 is 3.06 bits per heavy atom. The highest BCUT2D eigenvalue weighted by molar-refractivity contribution is 6.36. The van der Waals surface area contributed by atoms with Crippen molar-refractivity contribution < 1.29 is 4.79 Å². The normalized spacial score (nSPS) is 17.3. The lowest BCUT2D eigenvalue weighted by Crippen LogP contribution is -2.12. The number of pyridine rings is 1. The molecule has 1 atom stereocenters. The summed E-state index contributed by atoms with van der Waals surface area (Å²) in [7, 11) is 0. The number of halogens is 1. The second-order valence-corrected chi connectivity index (χ2v) is 5.12. The number of fused-ring (bicyclic) bond motifs is 1. The van der Waals surface area contributed by atoms with Crippen molar-refractivity contribution in [3.63, 3.8) is 0 Å². The smallest absolute Gasteiger partial charge is 0.168 e. The first kappa shape index (κ1) is 10.8. The number of nitrogens with one attached hydrogen (secondary N) is 1. The Morgan fingerprint density at radius 2 is 2.35 bits per heavy atom. The number of rotatable bonds is 3. The molecule has 0 spiro atoms. The Hall–Kier alpha value is -1.35. The molecule has 88 valence electrons. The molecule has 0 bridgehead atoms. The van der Waals surface area contributed by atoms with Gasteiger partial charge in [0.15, 0.2) is 5.78 Å². The van der Waals surface area contributed by atoms with E-state index in [1.54, 1.807) is 18.5 Å². The Kier molecular flexibility index (Phi) is 2.44. The Balaban J connectivity index is 2.07. The lowest BCUT2D eigenvalue weighted by molar-refractivity contribution is 0.0918. The summed E-state index contributed by atoms with van der Waals surface area (Å²) in [5, 5.41) is 1.34. The number of carbonyl (C=O) groups excluding carboxylic acids is 1. The number of hydrogen-bond donors (Lipinski definition) is 1. The largest absolute Gasteiger partial charge is 0.345 e. The summed E-state index contributed by atoms with van der Waals surface area (Å²) in [6.07, 6.45) is 5.70. The third kappa shape index (κ3) is 1.75. The average molecular weight is 249 g/mol. The Bertz CT molecular complexity index is 586. The van der Waals surface area contributed by atoms with Gasteiger partial charge in [-0.15, -0.1) is 0 Å². The van der Waals surface area contributed by atoms with Crippen LogP contribution in [0.4, 0.5) is 0 Å². The fourth-order valence-corrected chi connectivity index (χ4v) is 2.51. The van der Waals surface area contributed by atoms with Crippen LogP contribution in [0.5, 0.6) is 0 Å². The molecule has 1 aliphatic rings. The summed E-state index contributed by atoms with van der Waals surface area (Å²) in [4.78, 5) is 19.5. The molecule has 1 fully saturated rings. The molecule has 3 rings (SSSR count). The van der Waals surface area contributed by atoms with Crippen molar-refractivity contribution in [1.29, 1.82) is 0 Å². The Morgan fingerprint density at radius 1 is 1.59 bits per heavy atom. The zero-order valence-corrected chi connectivity index (χ0v) is 10.3. The van der Waals surface area contributed by atoms with Gasteiger partial charge in [-0.1, -0.05) is 18.5 Å². The van der Waals surface area contributed by atoms with E-state index in [9.17, 15) is 4.79 Å². The molecule has 2 aromatic heterocycles. The monoisotopic (exact) mass is 248 g/mol. The predicted octanol–water partition coefficient (Wildman–Crippen LogP) is 3.45. The second-order valence-electron chi connectivity index (χ2n) is 4.71. The highest BCUT2D eigenvalue weighted by atomic mass is 35.5. The molecular formula is C13H13ClN2O. The van der Waals surface area contributed by atoms with Crippen LogP contribution in [0, 0.1) is 11.8 Å². The van der Waals surface area contributed by atoms with Gasteiger partial charge in [0.05, 0.1) is 5.02 Å². The summed E-state index contributed by atoms with van der Waals surface area (Å²) in [6, 6.07) is 1.72. The maximum absolute atomic E-state index is 12.3. The number of aromatic amines is 1. The zero-order chi connectivity index (χ0) is 12.0. The second kappa shape index (κ2) is 3.84. The summed E-state index contributed by atoms with van der Waals surface area (Å²) >= 11 is 6.14. The third-order valence-electron chi connectivity index (χ3n) is 3.53. The summed E-state index contributed by atoms with van der Waals surface area (Å²) in [5.74, 6) is 0.821. The lowest BCUT2D eigenvalue weighted by Gasteiger charge is -2.07. The SMILES string of the molecule is CC(C(=O)c1c[nH]c2nccc(Cl)c12)C1CC1. The van der Waals surface area contributed by atoms with Crippen LogP contribution in [0.15, 0.2) is 18.5 Å². The number of nitrogens with zero attached hydrogens (tertiary/aromatic N) is 1. The molecule has 0 saturated heterocycles.